The average Bonchev–Trinajstić information content (AvgIpc) is 2.59. The van der Waals surface area contributed by atoms with Crippen molar-refractivity contribution in [2.45, 2.75) is 26.4 Å². The average molecular weight is 183 g/mol. The normalized spacial score (nSPS) is 10.6. The van der Waals surface area contributed by atoms with E-state index in [1.54, 1.807) is 0 Å². The van der Waals surface area contributed by atoms with Gasteiger partial charge < -0.3 is 15.0 Å². The van der Waals surface area contributed by atoms with Crippen molar-refractivity contribution in [2.24, 2.45) is 0 Å². The molecule has 2 N–H and O–H groups in total. The summed E-state index contributed by atoms with van der Waals surface area (Å²) in [6, 6.07) is 0. The molecule has 0 aromatic carbocycles. The van der Waals surface area contributed by atoms with Gasteiger partial charge in [-0.05, 0) is 13.0 Å². The third-order valence-electron chi connectivity index (χ3n) is 1.82. The number of aliphatic hydroxyl groups excluding tert-OH is 1. The summed E-state index contributed by atoms with van der Waals surface area (Å²) in [4.78, 5) is 4.23. The molecule has 0 saturated carbocycles. The summed E-state index contributed by atoms with van der Waals surface area (Å²) in [5.41, 5.74) is 1.06. The molecule has 13 heavy (non-hydrogen) atoms. The van der Waals surface area contributed by atoms with Gasteiger partial charge in [0.05, 0.1) is 12.0 Å². The van der Waals surface area contributed by atoms with E-state index in [0.717, 1.165) is 31.7 Å². The molecule has 1 rings (SSSR count). The maximum absolute atomic E-state index is 8.63. The van der Waals surface area contributed by atoms with E-state index in [1.165, 1.54) is 0 Å². The number of imidazole rings is 1. The lowest BCUT2D eigenvalue weighted by atomic mass is 10.4. The van der Waals surface area contributed by atoms with E-state index in [0.29, 0.717) is 0 Å². The van der Waals surface area contributed by atoms with Crippen LogP contribution in [0.15, 0.2) is 12.5 Å². The van der Waals surface area contributed by atoms with Crippen molar-refractivity contribution in [3.05, 3.63) is 18.2 Å². The number of hydrogen-bond acceptors (Lipinski definition) is 3. The summed E-state index contributed by atoms with van der Waals surface area (Å²) in [6.07, 6.45) is 4.61. The highest BCUT2D eigenvalue weighted by Gasteiger charge is 1.96. The van der Waals surface area contributed by atoms with Crippen LogP contribution in [-0.2, 0) is 13.1 Å². The van der Waals surface area contributed by atoms with Crippen molar-refractivity contribution in [1.29, 1.82) is 0 Å². The molecule has 1 aromatic heterocycles. The van der Waals surface area contributed by atoms with Crippen molar-refractivity contribution >= 4 is 0 Å². The number of aliphatic hydroxyl groups is 1. The molecule has 74 valence electrons. The maximum Gasteiger partial charge on any atom is 0.0949 e. The lowest BCUT2D eigenvalue weighted by Crippen LogP contribution is -2.11. The fraction of sp³-hybridized carbons (Fsp3) is 0.667. The Bertz CT molecular complexity index is 212. The van der Waals surface area contributed by atoms with Gasteiger partial charge in [0.1, 0.15) is 0 Å². The monoisotopic (exact) mass is 183 g/mol. The fourth-order valence-corrected chi connectivity index (χ4v) is 1.13. The molecule has 1 heterocycles. The third kappa shape index (κ3) is 3.57. The molecular formula is C9H17N3O. The highest BCUT2D eigenvalue weighted by atomic mass is 16.3. The van der Waals surface area contributed by atoms with Gasteiger partial charge in [0, 0.05) is 25.9 Å². The van der Waals surface area contributed by atoms with Gasteiger partial charge in [-0.2, -0.15) is 0 Å². The van der Waals surface area contributed by atoms with Gasteiger partial charge in [-0.3, -0.25) is 0 Å². The molecule has 0 saturated heterocycles. The zero-order valence-electron chi connectivity index (χ0n) is 8.03. The molecule has 0 fully saturated rings. The second-order valence-corrected chi connectivity index (χ2v) is 2.96. The molecule has 0 aliphatic carbocycles. The first-order valence-corrected chi connectivity index (χ1v) is 4.69. The zero-order valence-corrected chi connectivity index (χ0v) is 8.03. The Hall–Kier alpha value is -0.870. The maximum atomic E-state index is 8.63. The minimum absolute atomic E-state index is 0.237. The third-order valence-corrected chi connectivity index (χ3v) is 1.82. The predicted molar refractivity (Wildman–Crippen MR) is 51.3 cm³/mol. The fourth-order valence-electron chi connectivity index (χ4n) is 1.13. The first-order valence-electron chi connectivity index (χ1n) is 4.69. The molecule has 0 unspecified atom stereocenters. The highest BCUT2D eigenvalue weighted by Crippen LogP contribution is 1.96. The standard InChI is InChI=1S/C9H17N3O/c1-2-10-6-9-7-12(8-11-9)4-3-5-13/h7-8,10,13H,2-6H2,1H3. The van der Waals surface area contributed by atoms with E-state index in [4.69, 9.17) is 5.11 Å². The van der Waals surface area contributed by atoms with Crippen molar-refractivity contribution in [3.63, 3.8) is 0 Å². The summed E-state index contributed by atoms with van der Waals surface area (Å²) in [5.74, 6) is 0. The Balaban J connectivity index is 2.34. The highest BCUT2D eigenvalue weighted by molar-refractivity contribution is 4.95. The van der Waals surface area contributed by atoms with Crippen LogP contribution in [0.1, 0.15) is 19.0 Å². The molecule has 0 bridgehead atoms. The Morgan fingerprint density at radius 3 is 3.15 bits per heavy atom. The van der Waals surface area contributed by atoms with Crippen molar-refractivity contribution in [1.82, 2.24) is 14.9 Å². The molecule has 0 aliphatic heterocycles. The van der Waals surface area contributed by atoms with Gasteiger partial charge in [-0.1, -0.05) is 6.92 Å². The number of rotatable bonds is 6. The first-order chi connectivity index (χ1) is 6.36. The summed E-state index contributed by atoms with van der Waals surface area (Å²) >= 11 is 0. The van der Waals surface area contributed by atoms with Gasteiger partial charge in [0.15, 0.2) is 0 Å². The van der Waals surface area contributed by atoms with Crippen LogP contribution < -0.4 is 5.32 Å². The smallest absolute Gasteiger partial charge is 0.0949 e. The molecule has 4 heteroatoms. The number of aromatic nitrogens is 2. The van der Waals surface area contributed by atoms with Gasteiger partial charge in [-0.15, -0.1) is 0 Å². The van der Waals surface area contributed by atoms with E-state index in [-0.39, 0.29) is 6.61 Å². The Morgan fingerprint density at radius 1 is 1.62 bits per heavy atom. The van der Waals surface area contributed by atoms with Crippen LogP contribution in [0.2, 0.25) is 0 Å². The SMILES string of the molecule is CCNCc1cn(CCCO)cn1. The van der Waals surface area contributed by atoms with Crippen LogP contribution in [0, 0.1) is 0 Å². The largest absolute Gasteiger partial charge is 0.396 e. The summed E-state index contributed by atoms with van der Waals surface area (Å²) in [5, 5.41) is 11.8. The molecule has 0 radical (unpaired) electrons. The van der Waals surface area contributed by atoms with Gasteiger partial charge in [-0.25, -0.2) is 4.98 Å². The number of hydrogen-bond donors (Lipinski definition) is 2. The zero-order chi connectivity index (χ0) is 9.52. The summed E-state index contributed by atoms with van der Waals surface area (Å²) < 4.78 is 2.00. The molecular weight excluding hydrogens is 166 g/mol. The van der Waals surface area contributed by atoms with Crippen molar-refractivity contribution in [3.8, 4) is 0 Å². The quantitative estimate of drug-likeness (QED) is 0.670. The van der Waals surface area contributed by atoms with Crippen molar-refractivity contribution < 1.29 is 5.11 Å². The Kier molecular flexibility index (Phi) is 4.49. The van der Waals surface area contributed by atoms with E-state index in [2.05, 4.69) is 17.2 Å². The van der Waals surface area contributed by atoms with E-state index < -0.39 is 0 Å². The molecule has 4 nitrogen and oxygen atoms in total. The van der Waals surface area contributed by atoms with Crippen LogP contribution in [0.25, 0.3) is 0 Å². The number of aryl methyl sites for hydroxylation is 1. The van der Waals surface area contributed by atoms with Crippen molar-refractivity contribution in [2.75, 3.05) is 13.2 Å². The van der Waals surface area contributed by atoms with E-state index >= 15 is 0 Å². The van der Waals surface area contributed by atoms with Crippen LogP contribution in [0.5, 0.6) is 0 Å². The second kappa shape index (κ2) is 5.72. The van der Waals surface area contributed by atoms with Crippen LogP contribution in [0.4, 0.5) is 0 Å². The van der Waals surface area contributed by atoms with Gasteiger partial charge in [0.25, 0.3) is 0 Å². The topological polar surface area (TPSA) is 50.1 Å². The van der Waals surface area contributed by atoms with E-state index in [1.807, 2.05) is 17.1 Å². The van der Waals surface area contributed by atoms with Crippen LogP contribution >= 0.6 is 0 Å². The Labute approximate surface area is 78.6 Å². The minimum atomic E-state index is 0.237. The summed E-state index contributed by atoms with van der Waals surface area (Å²) in [6.45, 7) is 4.94. The van der Waals surface area contributed by atoms with Gasteiger partial charge in [0.2, 0.25) is 0 Å². The molecule has 0 atom stereocenters. The van der Waals surface area contributed by atoms with Crippen LogP contribution in [-0.4, -0.2) is 27.8 Å². The molecule has 0 amide bonds. The summed E-state index contributed by atoms with van der Waals surface area (Å²) in [7, 11) is 0. The van der Waals surface area contributed by atoms with Crippen LogP contribution in [0.3, 0.4) is 0 Å². The van der Waals surface area contributed by atoms with Gasteiger partial charge >= 0.3 is 0 Å². The number of nitrogens with zero attached hydrogens (tertiary/aromatic N) is 2. The molecule has 0 aliphatic rings. The second-order valence-electron chi connectivity index (χ2n) is 2.96. The predicted octanol–water partition coefficient (Wildman–Crippen LogP) is 0.375. The Morgan fingerprint density at radius 2 is 2.46 bits per heavy atom. The molecule has 1 aromatic rings. The minimum Gasteiger partial charge on any atom is -0.396 e. The first kappa shape index (κ1) is 10.2. The number of nitrogens with one attached hydrogen (secondary N) is 1. The lowest BCUT2D eigenvalue weighted by molar-refractivity contribution is 0.279. The van der Waals surface area contributed by atoms with E-state index in [9.17, 15) is 0 Å². The molecule has 0 spiro atoms. The lowest BCUT2D eigenvalue weighted by Gasteiger charge is -1.98.